The van der Waals surface area contributed by atoms with Gasteiger partial charge in [0.1, 0.15) is 0 Å². The van der Waals surface area contributed by atoms with Gasteiger partial charge in [0.15, 0.2) is 3.95 Å². The first-order valence-electron chi connectivity index (χ1n) is 6.73. The van der Waals surface area contributed by atoms with Gasteiger partial charge in [-0.1, -0.05) is 39.0 Å². The van der Waals surface area contributed by atoms with Crippen LogP contribution < -0.4 is 0 Å². The Hall–Kier alpha value is -0.880. The summed E-state index contributed by atoms with van der Waals surface area (Å²) in [5.74, 6) is -0.0743. The maximum atomic E-state index is 12.1. The number of amides is 1. The van der Waals surface area contributed by atoms with E-state index in [-0.39, 0.29) is 11.9 Å². The SMILES string of the molecule is CCCCCCCCN(C)C(=O)n1c(O)csc1=S. The molecule has 0 fully saturated rings. The summed E-state index contributed by atoms with van der Waals surface area (Å²) in [5.41, 5.74) is 0. The Morgan fingerprint density at radius 1 is 1.37 bits per heavy atom. The fourth-order valence-electron chi connectivity index (χ4n) is 1.87. The first-order chi connectivity index (χ1) is 9.07. The third kappa shape index (κ3) is 4.95. The lowest BCUT2D eigenvalue weighted by molar-refractivity contribution is 0.206. The molecule has 4 nitrogen and oxygen atoms in total. The van der Waals surface area contributed by atoms with Gasteiger partial charge in [-0.2, -0.15) is 0 Å². The summed E-state index contributed by atoms with van der Waals surface area (Å²) in [7, 11) is 1.74. The predicted molar refractivity (Wildman–Crippen MR) is 81.6 cm³/mol. The van der Waals surface area contributed by atoms with Crippen molar-refractivity contribution in [3.05, 3.63) is 9.33 Å². The minimum Gasteiger partial charge on any atom is -0.493 e. The zero-order chi connectivity index (χ0) is 14.3. The van der Waals surface area contributed by atoms with E-state index in [1.54, 1.807) is 11.9 Å². The van der Waals surface area contributed by atoms with Crippen molar-refractivity contribution in [1.82, 2.24) is 9.47 Å². The van der Waals surface area contributed by atoms with Gasteiger partial charge in [-0.3, -0.25) is 0 Å². The van der Waals surface area contributed by atoms with Crippen LogP contribution in [-0.4, -0.2) is 34.2 Å². The third-order valence-corrected chi connectivity index (χ3v) is 4.23. The van der Waals surface area contributed by atoms with Crippen molar-refractivity contribution in [2.45, 2.75) is 45.4 Å². The fourth-order valence-corrected chi connectivity index (χ4v) is 2.78. The summed E-state index contributed by atoms with van der Waals surface area (Å²) >= 11 is 6.22. The van der Waals surface area contributed by atoms with Crippen molar-refractivity contribution in [1.29, 1.82) is 0 Å². The number of thiazole rings is 1. The highest BCUT2D eigenvalue weighted by molar-refractivity contribution is 7.73. The van der Waals surface area contributed by atoms with E-state index in [4.69, 9.17) is 12.2 Å². The Bertz CT molecular complexity index is 454. The maximum Gasteiger partial charge on any atom is 0.332 e. The second-order valence-corrected chi connectivity index (χ2v) is 6.17. The zero-order valence-electron chi connectivity index (χ0n) is 11.6. The van der Waals surface area contributed by atoms with Crippen LogP contribution in [0.5, 0.6) is 5.88 Å². The molecule has 0 aliphatic carbocycles. The Labute approximate surface area is 123 Å². The highest BCUT2D eigenvalue weighted by Gasteiger charge is 2.15. The Morgan fingerprint density at radius 2 is 2.00 bits per heavy atom. The highest BCUT2D eigenvalue weighted by Crippen LogP contribution is 2.18. The number of hydrogen-bond acceptors (Lipinski definition) is 4. The molecule has 0 saturated carbocycles. The van der Waals surface area contributed by atoms with Crippen LogP contribution in [0.25, 0.3) is 0 Å². The van der Waals surface area contributed by atoms with Crippen molar-refractivity contribution in [3.8, 4) is 5.88 Å². The molecule has 0 aliphatic rings. The number of hydrogen-bond donors (Lipinski definition) is 1. The largest absolute Gasteiger partial charge is 0.493 e. The molecule has 0 radical (unpaired) electrons. The Kier molecular flexibility index (Phi) is 7.09. The average Bonchev–Trinajstić information content (AvgIpc) is 2.72. The van der Waals surface area contributed by atoms with Crippen molar-refractivity contribution in [3.63, 3.8) is 0 Å². The van der Waals surface area contributed by atoms with E-state index in [2.05, 4.69) is 6.92 Å². The first kappa shape index (κ1) is 16.2. The molecule has 1 heterocycles. The number of unbranched alkanes of at least 4 members (excludes halogenated alkanes) is 5. The number of aromatic nitrogens is 1. The van der Waals surface area contributed by atoms with E-state index in [0.717, 1.165) is 12.8 Å². The average molecular weight is 302 g/mol. The van der Waals surface area contributed by atoms with Crippen LogP contribution in [0.3, 0.4) is 0 Å². The molecule has 108 valence electrons. The summed E-state index contributed by atoms with van der Waals surface area (Å²) in [6.45, 7) is 2.89. The van der Waals surface area contributed by atoms with Crippen LogP contribution >= 0.6 is 23.6 Å². The standard InChI is InChI=1S/C13H22N2O2S2/c1-3-4-5-6-7-8-9-14(2)12(17)15-11(16)10-19-13(15)18/h10,16H,3-9H2,1-2H3. The summed E-state index contributed by atoms with van der Waals surface area (Å²) in [6, 6.07) is -0.252. The number of aromatic hydroxyl groups is 1. The second kappa shape index (κ2) is 8.32. The molecule has 0 atom stereocenters. The molecule has 0 unspecified atom stereocenters. The normalized spacial score (nSPS) is 10.6. The lowest BCUT2D eigenvalue weighted by Gasteiger charge is -2.17. The number of nitrogens with zero attached hydrogens (tertiary/aromatic N) is 2. The van der Waals surface area contributed by atoms with Crippen LogP contribution in [-0.2, 0) is 0 Å². The van der Waals surface area contributed by atoms with Crippen LogP contribution in [0, 0.1) is 3.95 Å². The summed E-state index contributed by atoms with van der Waals surface area (Å²) in [6.07, 6.45) is 7.15. The molecule has 1 N–H and O–H groups in total. The quantitative estimate of drug-likeness (QED) is 0.605. The van der Waals surface area contributed by atoms with Crippen LogP contribution in [0.2, 0.25) is 0 Å². The van der Waals surface area contributed by atoms with Gasteiger partial charge >= 0.3 is 6.03 Å². The smallest absolute Gasteiger partial charge is 0.332 e. The van der Waals surface area contributed by atoms with E-state index in [0.29, 0.717) is 10.5 Å². The van der Waals surface area contributed by atoms with Crippen molar-refractivity contribution in [2.24, 2.45) is 0 Å². The molecule has 6 heteroatoms. The Balaban J connectivity index is 2.36. The van der Waals surface area contributed by atoms with Crippen LogP contribution in [0.4, 0.5) is 4.79 Å². The molecule has 1 aromatic heterocycles. The Morgan fingerprint density at radius 3 is 2.58 bits per heavy atom. The molecule has 0 aromatic carbocycles. The summed E-state index contributed by atoms with van der Waals surface area (Å²) < 4.78 is 1.56. The lowest BCUT2D eigenvalue weighted by Crippen LogP contribution is -2.31. The van der Waals surface area contributed by atoms with Crippen molar-refractivity contribution >= 4 is 29.6 Å². The van der Waals surface area contributed by atoms with Crippen molar-refractivity contribution in [2.75, 3.05) is 13.6 Å². The molecular weight excluding hydrogens is 280 g/mol. The van der Waals surface area contributed by atoms with Gasteiger partial charge in [0.05, 0.1) is 5.38 Å². The fraction of sp³-hybridized carbons (Fsp3) is 0.692. The predicted octanol–water partition coefficient (Wildman–Crippen LogP) is 4.25. The first-order valence-corrected chi connectivity index (χ1v) is 8.01. The minimum absolute atomic E-state index is 0.0743. The van der Waals surface area contributed by atoms with E-state index >= 15 is 0 Å². The maximum absolute atomic E-state index is 12.1. The molecule has 1 rings (SSSR count). The topological polar surface area (TPSA) is 45.5 Å². The third-order valence-electron chi connectivity index (χ3n) is 3.04. The molecule has 0 bridgehead atoms. The number of carbonyl (C=O) groups excluding carboxylic acids is 1. The van der Waals surface area contributed by atoms with E-state index in [1.807, 2.05) is 0 Å². The molecule has 0 aliphatic heterocycles. The highest BCUT2D eigenvalue weighted by atomic mass is 32.1. The number of rotatable bonds is 7. The summed E-state index contributed by atoms with van der Waals surface area (Å²) in [5, 5.41) is 11.1. The van der Waals surface area contributed by atoms with Gasteiger partial charge in [-0.25, -0.2) is 9.36 Å². The lowest BCUT2D eigenvalue weighted by atomic mass is 10.1. The van der Waals surface area contributed by atoms with E-state index in [9.17, 15) is 9.90 Å². The van der Waals surface area contributed by atoms with Gasteiger partial charge in [-0.05, 0) is 18.6 Å². The molecule has 0 spiro atoms. The second-order valence-electron chi connectivity index (χ2n) is 4.67. The molecule has 1 amide bonds. The van der Waals surface area contributed by atoms with Gasteiger partial charge in [-0.15, -0.1) is 11.3 Å². The van der Waals surface area contributed by atoms with E-state index < -0.39 is 0 Å². The molecule has 19 heavy (non-hydrogen) atoms. The van der Waals surface area contributed by atoms with Gasteiger partial charge in [0, 0.05) is 13.6 Å². The zero-order valence-corrected chi connectivity index (χ0v) is 13.2. The van der Waals surface area contributed by atoms with Gasteiger partial charge < -0.3 is 10.0 Å². The van der Waals surface area contributed by atoms with Crippen LogP contribution in [0.15, 0.2) is 5.38 Å². The van der Waals surface area contributed by atoms with Crippen molar-refractivity contribution < 1.29 is 9.90 Å². The van der Waals surface area contributed by atoms with Gasteiger partial charge in [0.25, 0.3) is 0 Å². The molecule has 0 saturated heterocycles. The monoisotopic (exact) mass is 302 g/mol. The summed E-state index contributed by atoms with van der Waals surface area (Å²) in [4.78, 5) is 13.7. The minimum atomic E-state index is -0.252. The molecule has 1 aromatic rings. The van der Waals surface area contributed by atoms with Crippen LogP contribution in [0.1, 0.15) is 45.4 Å². The molecular formula is C13H22N2O2S2. The number of carbonyl (C=O) groups is 1. The van der Waals surface area contributed by atoms with E-state index in [1.165, 1.54) is 47.0 Å². The van der Waals surface area contributed by atoms with Gasteiger partial charge in [0.2, 0.25) is 5.88 Å².